The fraction of sp³-hybridized carbons (Fsp3) is 0.154. The van der Waals surface area contributed by atoms with Crippen molar-refractivity contribution in [3.05, 3.63) is 52.1 Å². The number of aryl methyl sites for hydroxylation is 2. The Morgan fingerprint density at radius 2 is 1.80 bits per heavy atom. The second kappa shape index (κ2) is 4.15. The molecule has 76 valence electrons. The zero-order valence-corrected chi connectivity index (χ0v) is 10.4. The van der Waals surface area contributed by atoms with Crippen LogP contribution in [0.5, 0.6) is 0 Å². The Bertz CT molecular complexity index is 492. The Labute approximate surface area is 98.3 Å². The van der Waals surface area contributed by atoms with E-state index in [0.717, 1.165) is 10.3 Å². The number of aromatic nitrogens is 1. The van der Waals surface area contributed by atoms with E-state index < -0.39 is 0 Å². The Hall–Kier alpha value is -1.15. The van der Waals surface area contributed by atoms with Crippen LogP contribution in [-0.2, 0) is 0 Å². The lowest BCUT2D eigenvalue weighted by Gasteiger charge is -2.04. The second-order valence-electron chi connectivity index (χ2n) is 3.64. The molecule has 0 bridgehead atoms. The van der Waals surface area contributed by atoms with Crippen LogP contribution >= 0.6 is 15.9 Å². The van der Waals surface area contributed by atoms with Gasteiger partial charge >= 0.3 is 0 Å². The van der Waals surface area contributed by atoms with Crippen molar-refractivity contribution >= 4 is 15.9 Å². The number of hydrogen-bond acceptors (Lipinski definition) is 1. The maximum absolute atomic E-state index is 4.43. The van der Waals surface area contributed by atoms with Crippen molar-refractivity contribution in [2.24, 2.45) is 0 Å². The molecule has 1 heterocycles. The molecule has 0 aliphatic carbocycles. The molecule has 0 fully saturated rings. The van der Waals surface area contributed by atoms with E-state index in [2.05, 4.69) is 53.0 Å². The number of benzene rings is 1. The first-order valence-corrected chi connectivity index (χ1v) is 5.66. The topological polar surface area (TPSA) is 12.9 Å². The maximum atomic E-state index is 4.43. The van der Waals surface area contributed by atoms with Gasteiger partial charge in [0.05, 0.1) is 5.69 Å². The van der Waals surface area contributed by atoms with Gasteiger partial charge in [0.1, 0.15) is 4.60 Å². The molecule has 1 nitrogen and oxygen atoms in total. The van der Waals surface area contributed by atoms with Gasteiger partial charge in [0.15, 0.2) is 0 Å². The summed E-state index contributed by atoms with van der Waals surface area (Å²) in [5.74, 6) is 0. The molecule has 2 rings (SSSR count). The first-order valence-electron chi connectivity index (χ1n) is 4.87. The summed E-state index contributed by atoms with van der Waals surface area (Å²) < 4.78 is 0.873. The Balaban J connectivity index is 2.50. The molecule has 0 N–H and O–H groups in total. The van der Waals surface area contributed by atoms with Crippen LogP contribution in [-0.4, -0.2) is 4.98 Å². The predicted octanol–water partition coefficient (Wildman–Crippen LogP) is 4.13. The van der Waals surface area contributed by atoms with Gasteiger partial charge in [-0.15, -0.1) is 0 Å². The molecule has 0 amide bonds. The number of nitrogens with zero attached hydrogens (tertiary/aromatic N) is 1. The van der Waals surface area contributed by atoms with E-state index in [9.17, 15) is 0 Å². The van der Waals surface area contributed by atoms with Gasteiger partial charge in [-0.3, -0.25) is 0 Å². The molecular weight excluding hydrogens is 250 g/mol. The summed E-state index contributed by atoms with van der Waals surface area (Å²) in [5.41, 5.74) is 4.79. The van der Waals surface area contributed by atoms with Gasteiger partial charge < -0.3 is 0 Å². The molecule has 0 radical (unpaired) electrons. The highest BCUT2D eigenvalue weighted by atomic mass is 79.9. The monoisotopic (exact) mass is 261 g/mol. The summed E-state index contributed by atoms with van der Waals surface area (Å²) in [6.07, 6.45) is 0. The average molecular weight is 262 g/mol. The van der Waals surface area contributed by atoms with Crippen LogP contribution in [0.3, 0.4) is 0 Å². The molecule has 0 unspecified atom stereocenters. The van der Waals surface area contributed by atoms with Gasteiger partial charge in [-0.2, -0.15) is 0 Å². The minimum atomic E-state index is 0.873. The van der Waals surface area contributed by atoms with Crippen molar-refractivity contribution in [3.8, 4) is 11.3 Å². The van der Waals surface area contributed by atoms with E-state index in [0.29, 0.717) is 0 Å². The molecule has 2 heteroatoms. The van der Waals surface area contributed by atoms with E-state index in [1.807, 2.05) is 18.2 Å². The highest BCUT2D eigenvalue weighted by Gasteiger charge is 2.01. The van der Waals surface area contributed by atoms with Gasteiger partial charge in [0.2, 0.25) is 0 Å². The molecular formula is C13H12BrN. The average Bonchev–Trinajstić information content (AvgIpc) is 2.22. The summed E-state index contributed by atoms with van der Waals surface area (Å²) in [6.45, 7) is 4.24. The summed E-state index contributed by atoms with van der Waals surface area (Å²) >= 11 is 3.38. The first-order chi connectivity index (χ1) is 7.16. The molecule has 15 heavy (non-hydrogen) atoms. The second-order valence-corrected chi connectivity index (χ2v) is 4.46. The largest absolute Gasteiger partial charge is 0.241 e. The van der Waals surface area contributed by atoms with Crippen LogP contribution in [0.25, 0.3) is 11.3 Å². The van der Waals surface area contributed by atoms with Crippen molar-refractivity contribution in [1.29, 1.82) is 0 Å². The normalized spacial score (nSPS) is 10.3. The van der Waals surface area contributed by atoms with Gasteiger partial charge in [0, 0.05) is 5.56 Å². The minimum Gasteiger partial charge on any atom is -0.241 e. The highest BCUT2D eigenvalue weighted by molar-refractivity contribution is 9.10. The van der Waals surface area contributed by atoms with Gasteiger partial charge in [-0.05, 0) is 59.1 Å². The summed E-state index contributed by atoms with van der Waals surface area (Å²) in [5, 5.41) is 0. The number of rotatable bonds is 1. The van der Waals surface area contributed by atoms with Crippen molar-refractivity contribution in [2.45, 2.75) is 13.8 Å². The molecule has 0 atom stereocenters. The minimum absolute atomic E-state index is 0.873. The number of pyridine rings is 1. The van der Waals surface area contributed by atoms with Crippen LogP contribution in [0.15, 0.2) is 41.0 Å². The summed E-state index contributed by atoms with van der Waals surface area (Å²) in [4.78, 5) is 4.43. The molecule has 0 aliphatic rings. The van der Waals surface area contributed by atoms with Gasteiger partial charge in [-0.1, -0.05) is 18.2 Å². The van der Waals surface area contributed by atoms with Crippen molar-refractivity contribution in [1.82, 2.24) is 4.98 Å². The van der Waals surface area contributed by atoms with Crippen LogP contribution < -0.4 is 0 Å². The van der Waals surface area contributed by atoms with Gasteiger partial charge in [-0.25, -0.2) is 4.98 Å². The van der Waals surface area contributed by atoms with Crippen LogP contribution in [0.1, 0.15) is 11.1 Å². The van der Waals surface area contributed by atoms with E-state index in [1.165, 1.54) is 16.7 Å². The van der Waals surface area contributed by atoms with E-state index in [4.69, 9.17) is 0 Å². The lowest BCUT2D eigenvalue weighted by molar-refractivity contribution is 1.26. The van der Waals surface area contributed by atoms with Crippen LogP contribution in [0.2, 0.25) is 0 Å². The predicted molar refractivity (Wildman–Crippen MR) is 66.8 cm³/mol. The molecule has 1 aromatic carbocycles. The standard InChI is InChI=1S/C13H12BrN/c1-9-6-7-11(8-10(9)2)12-4-3-5-13(14)15-12/h3-8H,1-2H3. The summed E-state index contributed by atoms with van der Waals surface area (Å²) in [7, 11) is 0. The van der Waals surface area contributed by atoms with Crippen molar-refractivity contribution < 1.29 is 0 Å². The van der Waals surface area contributed by atoms with E-state index in [1.54, 1.807) is 0 Å². The lowest BCUT2D eigenvalue weighted by atomic mass is 10.0. The Kier molecular flexibility index (Phi) is 2.87. The quantitative estimate of drug-likeness (QED) is 0.704. The van der Waals surface area contributed by atoms with Crippen molar-refractivity contribution in [3.63, 3.8) is 0 Å². The summed E-state index contributed by atoms with van der Waals surface area (Å²) in [6, 6.07) is 12.4. The fourth-order valence-electron chi connectivity index (χ4n) is 1.47. The third kappa shape index (κ3) is 2.26. The smallest absolute Gasteiger partial charge is 0.106 e. The zero-order chi connectivity index (χ0) is 10.8. The third-order valence-electron chi connectivity index (χ3n) is 2.52. The zero-order valence-electron chi connectivity index (χ0n) is 8.79. The SMILES string of the molecule is Cc1ccc(-c2cccc(Br)n2)cc1C. The molecule has 0 spiro atoms. The molecule has 1 aromatic heterocycles. The van der Waals surface area contributed by atoms with Crippen LogP contribution in [0, 0.1) is 13.8 Å². The third-order valence-corrected chi connectivity index (χ3v) is 2.96. The Morgan fingerprint density at radius 1 is 1.00 bits per heavy atom. The number of halogens is 1. The lowest BCUT2D eigenvalue weighted by Crippen LogP contribution is -1.86. The van der Waals surface area contributed by atoms with Crippen molar-refractivity contribution in [2.75, 3.05) is 0 Å². The van der Waals surface area contributed by atoms with Gasteiger partial charge in [0.25, 0.3) is 0 Å². The maximum Gasteiger partial charge on any atom is 0.106 e. The first kappa shape index (κ1) is 10.4. The van der Waals surface area contributed by atoms with Crippen LogP contribution in [0.4, 0.5) is 0 Å². The molecule has 0 saturated heterocycles. The van der Waals surface area contributed by atoms with E-state index in [-0.39, 0.29) is 0 Å². The molecule has 0 aliphatic heterocycles. The Morgan fingerprint density at radius 3 is 2.47 bits per heavy atom. The highest BCUT2D eigenvalue weighted by Crippen LogP contribution is 2.21. The number of hydrogen-bond donors (Lipinski definition) is 0. The molecule has 2 aromatic rings. The fourth-order valence-corrected chi connectivity index (χ4v) is 1.81. The van der Waals surface area contributed by atoms with E-state index >= 15 is 0 Å². The molecule has 0 saturated carbocycles.